The van der Waals surface area contributed by atoms with Crippen molar-refractivity contribution >= 4 is 29.5 Å². The normalized spacial score (nSPS) is 21.6. The third-order valence-electron chi connectivity index (χ3n) is 7.69. The molecule has 5 atom stereocenters. The number of carbonyl (C=O) groups is 5. The highest BCUT2D eigenvalue weighted by atomic mass is 16.2. The highest BCUT2D eigenvalue weighted by Gasteiger charge is 2.44. The fraction of sp³-hybridized carbons (Fsp3) is 0.750. The molecule has 0 aromatic rings. The van der Waals surface area contributed by atoms with Crippen LogP contribution in [0.15, 0.2) is 12.2 Å². The summed E-state index contributed by atoms with van der Waals surface area (Å²) in [5.74, 6) is -2.31. The van der Waals surface area contributed by atoms with Crippen LogP contribution < -0.4 is 11.1 Å². The van der Waals surface area contributed by atoms with Crippen molar-refractivity contribution in [2.24, 2.45) is 23.5 Å². The second-order valence-corrected chi connectivity index (χ2v) is 12.0. The van der Waals surface area contributed by atoms with Crippen LogP contribution in [0.2, 0.25) is 0 Å². The molecule has 2 aliphatic heterocycles. The standard InChI is InChI=1S/C28H48N6O5/c1-16(2)21(30-25(36)22(17(3)4)31(7)8)27(38)32(9)23(18(5)6)28(39)34-15-11-13-20(34)26(37)33-14-10-12-19(33)24(29)35/h11,13,16-23H,10,12,14-15H2,1-9H3,(H2,29,35)(H,30,36)/t19-,20-,21-,22-,23-/m0/s1. The monoisotopic (exact) mass is 548 g/mol. The first-order chi connectivity index (χ1) is 18.1. The van der Waals surface area contributed by atoms with Gasteiger partial charge in [-0.3, -0.25) is 28.9 Å². The van der Waals surface area contributed by atoms with Crippen molar-refractivity contribution in [1.29, 1.82) is 0 Å². The largest absolute Gasteiger partial charge is 0.368 e. The molecule has 2 aliphatic rings. The molecule has 0 aliphatic carbocycles. The van der Waals surface area contributed by atoms with Gasteiger partial charge in [-0.15, -0.1) is 0 Å². The maximum Gasteiger partial charge on any atom is 0.250 e. The van der Waals surface area contributed by atoms with Crippen molar-refractivity contribution in [3.63, 3.8) is 0 Å². The Labute approximate surface area is 233 Å². The molecule has 0 bridgehead atoms. The molecular weight excluding hydrogens is 500 g/mol. The van der Waals surface area contributed by atoms with Gasteiger partial charge in [0.1, 0.15) is 24.2 Å². The molecule has 0 saturated carbocycles. The lowest BCUT2D eigenvalue weighted by molar-refractivity contribution is -0.152. The summed E-state index contributed by atoms with van der Waals surface area (Å²) in [6.07, 6.45) is 4.59. The van der Waals surface area contributed by atoms with Gasteiger partial charge in [-0.2, -0.15) is 0 Å². The smallest absolute Gasteiger partial charge is 0.250 e. The summed E-state index contributed by atoms with van der Waals surface area (Å²) in [7, 11) is 5.22. The second-order valence-electron chi connectivity index (χ2n) is 12.0. The van der Waals surface area contributed by atoms with Gasteiger partial charge in [-0.05, 0) is 44.7 Å². The van der Waals surface area contributed by atoms with Crippen LogP contribution in [0.25, 0.3) is 0 Å². The van der Waals surface area contributed by atoms with Gasteiger partial charge < -0.3 is 25.8 Å². The Bertz CT molecular complexity index is 954. The van der Waals surface area contributed by atoms with E-state index >= 15 is 0 Å². The Balaban J connectivity index is 2.27. The molecule has 5 amide bonds. The fourth-order valence-corrected chi connectivity index (χ4v) is 5.77. The zero-order valence-electron chi connectivity index (χ0n) is 25.0. The number of likely N-dealkylation sites (N-methyl/N-ethyl adjacent to an activating group) is 2. The number of hydrogen-bond donors (Lipinski definition) is 2. The molecule has 0 radical (unpaired) electrons. The molecular formula is C28H48N6O5. The van der Waals surface area contributed by atoms with Crippen LogP contribution >= 0.6 is 0 Å². The third-order valence-corrected chi connectivity index (χ3v) is 7.69. The summed E-state index contributed by atoms with van der Waals surface area (Å²) in [4.78, 5) is 72.3. The lowest BCUT2D eigenvalue weighted by Crippen LogP contribution is -2.61. The van der Waals surface area contributed by atoms with Crippen LogP contribution in [-0.2, 0) is 24.0 Å². The maximum atomic E-state index is 13.9. The highest BCUT2D eigenvalue weighted by molar-refractivity contribution is 5.97. The molecule has 2 rings (SSSR count). The molecule has 0 spiro atoms. The quantitative estimate of drug-likeness (QED) is 0.360. The minimum atomic E-state index is -0.866. The Kier molecular flexibility index (Phi) is 11.1. The van der Waals surface area contributed by atoms with E-state index < -0.39 is 36.1 Å². The molecule has 0 aromatic carbocycles. The third kappa shape index (κ3) is 7.17. The lowest BCUT2D eigenvalue weighted by Gasteiger charge is -2.38. The predicted molar refractivity (Wildman–Crippen MR) is 149 cm³/mol. The van der Waals surface area contributed by atoms with Gasteiger partial charge in [-0.25, -0.2) is 0 Å². The average Bonchev–Trinajstić information content (AvgIpc) is 3.50. The number of likely N-dealkylation sites (tertiary alicyclic amines) is 1. The Hall–Kier alpha value is -2.95. The molecule has 1 fully saturated rings. The van der Waals surface area contributed by atoms with Gasteiger partial charge in [0.15, 0.2) is 0 Å². The maximum absolute atomic E-state index is 13.9. The van der Waals surface area contributed by atoms with Crippen LogP contribution in [0.4, 0.5) is 0 Å². The molecule has 0 aromatic heterocycles. The van der Waals surface area contributed by atoms with E-state index in [-0.39, 0.29) is 47.9 Å². The van der Waals surface area contributed by atoms with Gasteiger partial charge in [0.25, 0.3) is 0 Å². The van der Waals surface area contributed by atoms with Crippen molar-refractivity contribution < 1.29 is 24.0 Å². The summed E-state index contributed by atoms with van der Waals surface area (Å²) >= 11 is 0. The summed E-state index contributed by atoms with van der Waals surface area (Å²) in [5.41, 5.74) is 5.51. The molecule has 0 unspecified atom stereocenters. The van der Waals surface area contributed by atoms with Crippen molar-refractivity contribution in [2.45, 2.75) is 84.6 Å². The number of rotatable bonds is 11. The molecule has 220 valence electrons. The summed E-state index contributed by atoms with van der Waals surface area (Å²) in [6, 6.07) is -3.64. The minimum absolute atomic E-state index is 0.0348. The molecule has 11 heteroatoms. The molecule has 11 nitrogen and oxygen atoms in total. The summed E-state index contributed by atoms with van der Waals surface area (Å²) in [6.45, 7) is 11.9. The average molecular weight is 549 g/mol. The summed E-state index contributed by atoms with van der Waals surface area (Å²) in [5, 5.41) is 2.93. The second kappa shape index (κ2) is 13.4. The number of nitrogens with two attached hydrogens (primary N) is 1. The van der Waals surface area contributed by atoms with E-state index in [4.69, 9.17) is 5.73 Å². The fourth-order valence-electron chi connectivity index (χ4n) is 5.77. The number of amides is 5. The first kappa shape index (κ1) is 32.3. The van der Waals surface area contributed by atoms with Gasteiger partial charge in [0.2, 0.25) is 29.5 Å². The van der Waals surface area contributed by atoms with Crippen molar-refractivity contribution in [1.82, 2.24) is 24.9 Å². The number of nitrogens with one attached hydrogen (secondary N) is 1. The van der Waals surface area contributed by atoms with E-state index in [0.29, 0.717) is 19.4 Å². The SMILES string of the molecule is CC(C)[C@H](NC(=O)[C@H](C(C)C)N(C)C)C(=O)N(C)[C@H](C(=O)N1CC=C[C@H]1C(=O)N1CCC[C@H]1C(N)=O)C(C)C. The van der Waals surface area contributed by atoms with Crippen LogP contribution in [-0.4, -0.2) is 114 Å². The molecule has 3 N–H and O–H groups in total. The molecule has 2 heterocycles. The minimum Gasteiger partial charge on any atom is -0.368 e. The number of hydrogen-bond acceptors (Lipinski definition) is 6. The summed E-state index contributed by atoms with van der Waals surface area (Å²) < 4.78 is 0. The van der Waals surface area contributed by atoms with Crippen LogP contribution in [0.3, 0.4) is 0 Å². The first-order valence-corrected chi connectivity index (χ1v) is 13.9. The number of primary amides is 1. The van der Waals surface area contributed by atoms with Crippen LogP contribution in [0.1, 0.15) is 54.4 Å². The number of nitrogens with zero attached hydrogens (tertiary/aromatic N) is 4. The Morgan fingerprint density at radius 2 is 1.49 bits per heavy atom. The molecule has 1 saturated heterocycles. The topological polar surface area (TPSA) is 136 Å². The van der Waals surface area contributed by atoms with Crippen molar-refractivity contribution in [2.75, 3.05) is 34.2 Å². The predicted octanol–water partition coefficient (Wildman–Crippen LogP) is 0.440. The Morgan fingerprint density at radius 3 is 1.97 bits per heavy atom. The van der Waals surface area contributed by atoms with Crippen LogP contribution in [0.5, 0.6) is 0 Å². The van der Waals surface area contributed by atoms with Crippen molar-refractivity contribution in [3.8, 4) is 0 Å². The van der Waals surface area contributed by atoms with Gasteiger partial charge in [-0.1, -0.05) is 53.7 Å². The zero-order valence-corrected chi connectivity index (χ0v) is 25.0. The van der Waals surface area contributed by atoms with E-state index in [1.807, 2.05) is 60.5 Å². The van der Waals surface area contributed by atoms with Gasteiger partial charge in [0, 0.05) is 20.1 Å². The van der Waals surface area contributed by atoms with E-state index in [1.165, 1.54) is 14.7 Å². The van der Waals surface area contributed by atoms with Crippen LogP contribution in [0, 0.1) is 17.8 Å². The van der Waals surface area contributed by atoms with Gasteiger partial charge in [0.05, 0.1) is 6.04 Å². The Morgan fingerprint density at radius 1 is 0.897 bits per heavy atom. The van der Waals surface area contributed by atoms with E-state index in [2.05, 4.69) is 5.32 Å². The lowest BCUT2D eigenvalue weighted by atomic mass is 9.96. The van der Waals surface area contributed by atoms with Gasteiger partial charge >= 0.3 is 0 Å². The van der Waals surface area contributed by atoms with E-state index in [1.54, 1.807) is 19.2 Å². The van der Waals surface area contributed by atoms with E-state index in [9.17, 15) is 24.0 Å². The zero-order chi connectivity index (χ0) is 29.8. The first-order valence-electron chi connectivity index (χ1n) is 13.9. The number of carbonyl (C=O) groups excluding carboxylic acids is 5. The van der Waals surface area contributed by atoms with Crippen molar-refractivity contribution in [3.05, 3.63) is 12.2 Å². The highest BCUT2D eigenvalue weighted by Crippen LogP contribution is 2.25. The van der Waals surface area contributed by atoms with E-state index in [0.717, 1.165) is 0 Å². The molecule has 39 heavy (non-hydrogen) atoms.